The number of aromatic carboxylic acids is 1. The Bertz CT molecular complexity index is 336. The molecule has 0 saturated heterocycles. The molecule has 0 aromatic heterocycles. The molecule has 0 bridgehead atoms. The molecule has 76 valence electrons. The van der Waals surface area contributed by atoms with Gasteiger partial charge in [-0.3, -0.25) is 0 Å². The van der Waals surface area contributed by atoms with Crippen LogP contribution in [0.3, 0.4) is 0 Å². The van der Waals surface area contributed by atoms with Crippen LogP contribution in [0.5, 0.6) is 5.75 Å². The quantitative estimate of drug-likeness (QED) is 0.752. The first-order valence-electron chi connectivity index (χ1n) is 4.32. The van der Waals surface area contributed by atoms with Gasteiger partial charge in [-0.1, -0.05) is 6.07 Å². The topological polar surface area (TPSA) is 72.5 Å². The third kappa shape index (κ3) is 2.23. The SMILES string of the molecule is Cc1c(OCCN)cccc1C(=O)O. The van der Waals surface area contributed by atoms with Gasteiger partial charge in [0.25, 0.3) is 0 Å². The molecular formula is C10H13NO3. The molecule has 3 N–H and O–H groups in total. The van der Waals surface area contributed by atoms with Crippen LogP contribution in [-0.4, -0.2) is 24.2 Å². The lowest BCUT2D eigenvalue weighted by Gasteiger charge is -2.09. The van der Waals surface area contributed by atoms with Crippen molar-refractivity contribution in [2.45, 2.75) is 6.92 Å². The van der Waals surface area contributed by atoms with Crippen molar-refractivity contribution in [2.24, 2.45) is 5.73 Å². The molecule has 0 saturated carbocycles. The van der Waals surface area contributed by atoms with Crippen molar-refractivity contribution in [1.29, 1.82) is 0 Å². The summed E-state index contributed by atoms with van der Waals surface area (Å²) in [6.07, 6.45) is 0. The highest BCUT2D eigenvalue weighted by atomic mass is 16.5. The fourth-order valence-electron chi connectivity index (χ4n) is 1.17. The van der Waals surface area contributed by atoms with Gasteiger partial charge < -0.3 is 15.6 Å². The maximum atomic E-state index is 10.8. The van der Waals surface area contributed by atoms with E-state index >= 15 is 0 Å². The average Bonchev–Trinajstić information content (AvgIpc) is 2.16. The summed E-state index contributed by atoms with van der Waals surface area (Å²) in [4.78, 5) is 10.8. The van der Waals surface area contributed by atoms with Crippen molar-refractivity contribution < 1.29 is 14.6 Å². The zero-order valence-electron chi connectivity index (χ0n) is 7.99. The molecule has 0 spiro atoms. The molecule has 14 heavy (non-hydrogen) atoms. The maximum absolute atomic E-state index is 10.8. The smallest absolute Gasteiger partial charge is 0.336 e. The van der Waals surface area contributed by atoms with E-state index in [0.717, 1.165) is 0 Å². The van der Waals surface area contributed by atoms with Crippen molar-refractivity contribution in [3.63, 3.8) is 0 Å². The molecule has 0 heterocycles. The van der Waals surface area contributed by atoms with Gasteiger partial charge in [0.1, 0.15) is 12.4 Å². The van der Waals surface area contributed by atoms with Crippen molar-refractivity contribution in [2.75, 3.05) is 13.2 Å². The van der Waals surface area contributed by atoms with Crippen LogP contribution in [0.15, 0.2) is 18.2 Å². The normalized spacial score (nSPS) is 9.86. The molecule has 0 aliphatic heterocycles. The Labute approximate surface area is 82.3 Å². The minimum absolute atomic E-state index is 0.263. The lowest BCUT2D eigenvalue weighted by atomic mass is 10.1. The molecule has 0 radical (unpaired) electrons. The highest BCUT2D eigenvalue weighted by molar-refractivity contribution is 5.90. The minimum atomic E-state index is -0.944. The van der Waals surface area contributed by atoms with Gasteiger partial charge in [0, 0.05) is 12.1 Å². The van der Waals surface area contributed by atoms with E-state index in [0.29, 0.717) is 24.5 Å². The van der Waals surface area contributed by atoms with E-state index in [1.54, 1.807) is 25.1 Å². The van der Waals surface area contributed by atoms with Crippen LogP contribution in [-0.2, 0) is 0 Å². The Balaban J connectivity index is 2.95. The second-order valence-corrected chi connectivity index (χ2v) is 2.87. The zero-order chi connectivity index (χ0) is 10.6. The summed E-state index contributed by atoms with van der Waals surface area (Å²) in [6.45, 7) is 2.52. The lowest BCUT2D eigenvalue weighted by Crippen LogP contribution is -2.12. The molecule has 0 fully saturated rings. The van der Waals surface area contributed by atoms with E-state index in [9.17, 15) is 4.79 Å². The third-order valence-corrected chi connectivity index (χ3v) is 1.89. The first kappa shape index (κ1) is 10.5. The van der Waals surface area contributed by atoms with Gasteiger partial charge in [-0.15, -0.1) is 0 Å². The molecular weight excluding hydrogens is 182 g/mol. The predicted molar refractivity (Wildman–Crippen MR) is 52.7 cm³/mol. The Hall–Kier alpha value is -1.55. The molecule has 1 aromatic rings. The number of carboxylic acids is 1. The third-order valence-electron chi connectivity index (χ3n) is 1.89. The molecule has 0 atom stereocenters. The van der Waals surface area contributed by atoms with E-state index in [-0.39, 0.29) is 5.56 Å². The number of rotatable bonds is 4. The number of hydrogen-bond donors (Lipinski definition) is 2. The standard InChI is InChI=1S/C10H13NO3/c1-7-8(10(12)13)3-2-4-9(7)14-6-5-11/h2-4H,5-6,11H2,1H3,(H,12,13). The number of carboxylic acid groups (broad SMARTS) is 1. The maximum Gasteiger partial charge on any atom is 0.336 e. The van der Waals surface area contributed by atoms with E-state index in [1.165, 1.54) is 0 Å². The van der Waals surface area contributed by atoms with Gasteiger partial charge >= 0.3 is 5.97 Å². The molecule has 1 aromatic carbocycles. The fraction of sp³-hybridized carbons (Fsp3) is 0.300. The molecule has 4 heteroatoms. The molecule has 0 unspecified atom stereocenters. The van der Waals surface area contributed by atoms with Gasteiger partial charge in [0.05, 0.1) is 5.56 Å². The number of ether oxygens (including phenoxy) is 1. The highest BCUT2D eigenvalue weighted by Gasteiger charge is 2.10. The van der Waals surface area contributed by atoms with E-state index < -0.39 is 5.97 Å². The summed E-state index contributed by atoms with van der Waals surface area (Å²) >= 11 is 0. The number of benzene rings is 1. The molecule has 0 amide bonds. The summed E-state index contributed by atoms with van der Waals surface area (Å²) < 4.78 is 5.29. The van der Waals surface area contributed by atoms with Crippen LogP contribution in [0.4, 0.5) is 0 Å². The molecule has 1 rings (SSSR count). The van der Waals surface area contributed by atoms with Crippen LogP contribution in [0.25, 0.3) is 0 Å². The van der Waals surface area contributed by atoms with Crippen LogP contribution in [0.1, 0.15) is 15.9 Å². The minimum Gasteiger partial charge on any atom is -0.492 e. The van der Waals surface area contributed by atoms with Gasteiger partial charge in [-0.25, -0.2) is 4.79 Å². The van der Waals surface area contributed by atoms with Crippen molar-refractivity contribution >= 4 is 5.97 Å². The Kier molecular flexibility index (Phi) is 3.48. The Morgan fingerprint density at radius 3 is 2.86 bits per heavy atom. The summed E-state index contributed by atoms with van der Waals surface area (Å²) in [7, 11) is 0. The van der Waals surface area contributed by atoms with Crippen LogP contribution >= 0.6 is 0 Å². The molecule has 0 aliphatic rings. The monoisotopic (exact) mass is 195 g/mol. The first-order chi connectivity index (χ1) is 6.66. The highest BCUT2D eigenvalue weighted by Crippen LogP contribution is 2.21. The van der Waals surface area contributed by atoms with E-state index in [4.69, 9.17) is 15.6 Å². The summed E-state index contributed by atoms with van der Waals surface area (Å²) in [5.41, 5.74) is 6.18. The summed E-state index contributed by atoms with van der Waals surface area (Å²) in [6, 6.07) is 4.94. The van der Waals surface area contributed by atoms with Crippen LogP contribution < -0.4 is 10.5 Å². The summed E-state index contributed by atoms with van der Waals surface area (Å²) in [5.74, 6) is -0.365. The van der Waals surface area contributed by atoms with Gasteiger partial charge in [0.2, 0.25) is 0 Å². The molecule has 4 nitrogen and oxygen atoms in total. The zero-order valence-corrected chi connectivity index (χ0v) is 7.99. The summed E-state index contributed by atoms with van der Waals surface area (Å²) in [5, 5.41) is 8.84. The largest absolute Gasteiger partial charge is 0.492 e. The Morgan fingerprint density at radius 2 is 2.29 bits per heavy atom. The van der Waals surface area contributed by atoms with E-state index in [1.807, 2.05) is 0 Å². The van der Waals surface area contributed by atoms with E-state index in [2.05, 4.69) is 0 Å². The predicted octanol–water partition coefficient (Wildman–Crippen LogP) is 1.03. The second-order valence-electron chi connectivity index (χ2n) is 2.87. The van der Waals surface area contributed by atoms with Crippen LogP contribution in [0.2, 0.25) is 0 Å². The second kappa shape index (κ2) is 4.62. The van der Waals surface area contributed by atoms with Gasteiger partial charge in [-0.05, 0) is 19.1 Å². The lowest BCUT2D eigenvalue weighted by molar-refractivity contribution is 0.0695. The Morgan fingerprint density at radius 1 is 1.57 bits per heavy atom. The van der Waals surface area contributed by atoms with Crippen molar-refractivity contribution in [3.05, 3.63) is 29.3 Å². The van der Waals surface area contributed by atoms with Gasteiger partial charge in [-0.2, -0.15) is 0 Å². The number of nitrogens with two attached hydrogens (primary N) is 1. The molecule has 0 aliphatic carbocycles. The van der Waals surface area contributed by atoms with Crippen molar-refractivity contribution in [1.82, 2.24) is 0 Å². The number of hydrogen-bond acceptors (Lipinski definition) is 3. The first-order valence-corrected chi connectivity index (χ1v) is 4.32. The number of carbonyl (C=O) groups is 1. The van der Waals surface area contributed by atoms with Crippen molar-refractivity contribution in [3.8, 4) is 5.75 Å². The van der Waals surface area contributed by atoms with Crippen LogP contribution in [0, 0.1) is 6.92 Å². The fourth-order valence-corrected chi connectivity index (χ4v) is 1.17. The van der Waals surface area contributed by atoms with Gasteiger partial charge in [0.15, 0.2) is 0 Å². The average molecular weight is 195 g/mol.